The number of aliphatic carboxylic acids is 1. The van der Waals surface area contributed by atoms with Gasteiger partial charge in [-0.05, 0) is 60.5 Å². The highest BCUT2D eigenvalue weighted by atomic mass is 35.5. The van der Waals surface area contributed by atoms with Crippen LogP contribution in [-0.2, 0) is 14.8 Å². The Hall–Kier alpha value is -2.82. The smallest absolute Gasteiger partial charge is 0.325 e. The van der Waals surface area contributed by atoms with E-state index in [-0.39, 0.29) is 34.0 Å². The highest BCUT2D eigenvalue weighted by molar-refractivity contribution is 7.92. The van der Waals surface area contributed by atoms with Crippen molar-refractivity contribution in [2.45, 2.75) is 19.0 Å². The normalized spacial score (nSPS) is 15.0. The number of anilines is 1. The van der Waals surface area contributed by atoms with E-state index in [4.69, 9.17) is 39.9 Å². The SMILES string of the molecule is CC(NC(=O)c1cc(Cl)cc(NS(=O)(=O)CC2CN(C(c3ccc(Cl)cc3)c3ccc(Cl)cc3)C2)c1)C(=O)O. The largest absolute Gasteiger partial charge is 0.480 e. The minimum atomic E-state index is -3.78. The second-order valence-corrected chi connectivity index (χ2v) is 12.5. The number of carbonyl (C=O) groups excluding carboxylic acids is 1. The maximum Gasteiger partial charge on any atom is 0.325 e. The van der Waals surface area contributed by atoms with Crippen LogP contribution in [0.5, 0.6) is 0 Å². The van der Waals surface area contributed by atoms with Crippen LogP contribution in [0.25, 0.3) is 0 Å². The Morgan fingerprint density at radius 3 is 1.97 bits per heavy atom. The number of hydrogen-bond acceptors (Lipinski definition) is 5. The molecule has 1 aliphatic rings. The van der Waals surface area contributed by atoms with Crippen LogP contribution in [0, 0.1) is 5.92 Å². The number of sulfonamides is 1. The summed E-state index contributed by atoms with van der Waals surface area (Å²) in [6.45, 7) is 2.42. The summed E-state index contributed by atoms with van der Waals surface area (Å²) in [5, 5.41) is 12.7. The van der Waals surface area contributed by atoms with Gasteiger partial charge in [0.15, 0.2) is 0 Å². The van der Waals surface area contributed by atoms with Gasteiger partial charge in [-0.2, -0.15) is 0 Å². The van der Waals surface area contributed by atoms with Crippen molar-refractivity contribution in [3.05, 3.63) is 98.5 Å². The third-order valence-corrected chi connectivity index (χ3v) is 8.51. The summed E-state index contributed by atoms with van der Waals surface area (Å²) in [5.74, 6) is -2.13. The molecule has 39 heavy (non-hydrogen) atoms. The topological polar surface area (TPSA) is 116 Å². The zero-order valence-electron chi connectivity index (χ0n) is 20.8. The molecule has 3 N–H and O–H groups in total. The minimum Gasteiger partial charge on any atom is -0.480 e. The molecule has 0 saturated carbocycles. The Balaban J connectivity index is 1.43. The second-order valence-electron chi connectivity index (χ2n) is 9.47. The molecule has 206 valence electrons. The maximum absolute atomic E-state index is 13.0. The maximum atomic E-state index is 13.0. The molecule has 0 aromatic heterocycles. The first-order valence-electron chi connectivity index (χ1n) is 12.0. The van der Waals surface area contributed by atoms with Crippen molar-refractivity contribution >= 4 is 62.4 Å². The summed E-state index contributed by atoms with van der Waals surface area (Å²) in [6.07, 6.45) is 0. The monoisotopic (exact) mass is 609 g/mol. The number of likely N-dealkylation sites (tertiary alicyclic amines) is 1. The number of nitrogens with zero attached hydrogens (tertiary/aromatic N) is 1. The molecule has 1 aliphatic heterocycles. The van der Waals surface area contributed by atoms with Gasteiger partial charge in [-0.3, -0.25) is 19.2 Å². The van der Waals surface area contributed by atoms with E-state index in [2.05, 4.69) is 14.9 Å². The number of hydrogen-bond donors (Lipinski definition) is 3. The lowest BCUT2D eigenvalue weighted by Crippen LogP contribution is -2.51. The molecule has 1 atom stereocenters. The van der Waals surface area contributed by atoms with Gasteiger partial charge in [0, 0.05) is 39.6 Å². The Labute approximate surface area is 241 Å². The average molecular weight is 611 g/mol. The predicted octanol–water partition coefficient (Wildman–Crippen LogP) is 5.31. The Morgan fingerprint density at radius 1 is 0.923 bits per heavy atom. The van der Waals surface area contributed by atoms with Crippen LogP contribution in [0.1, 0.15) is 34.5 Å². The number of rotatable bonds is 10. The van der Waals surface area contributed by atoms with Crippen LogP contribution in [0.3, 0.4) is 0 Å². The number of halogens is 3. The lowest BCUT2D eigenvalue weighted by molar-refractivity contribution is -0.138. The third kappa shape index (κ3) is 7.64. The first-order valence-corrected chi connectivity index (χ1v) is 14.8. The molecule has 0 bridgehead atoms. The number of carboxylic acids is 1. The molecule has 1 saturated heterocycles. The zero-order chi connectivity index (χ0) is 28.3. The molecule has 12 heteroatoms. The number of carboxylic acid groups (broad SMARTS) is 1. The van der Waals surface area contributed by atoms with Crippen LogP contribution < -0.4 is 10.0 Å². The second kappa shape index (κ2) is 12.1. The van der Waals surface area contributed by atoms with Gasteiger partial charge in [-0.25, -0.2) is 8.42 Å². The number of benzene rings is 3. The fraction of sp³-hybridized carbons (Fsp3) is 0.259. The van der Waals surface area contributed by atoms with Crippen molar-refractivity contribution in [3.8, 4) is 0 Å². The number of carbonyl (C=O) groups is 2. The molecule has 0 aliphatic carbocycles. The van der Waals surface area contributed by atoms with Gasteiger partial charge in [-0.15, -0.1) is 0 Å². The van der Waals surface area contributed by atoms with E-state index in [9.17, 15) is 18.0 Å². The molecule has 1 fully saturated rings. The summed E-state index contributed by atoms with van der Waals surface area (Å²) in [6, 6.07) is 18.0. The lowest BCUT2D eigenvalue weighted by Gasteiger charge is -2.44. The van der Waals surface area contributed by atoms with Crippen molar-refractivity contribution in [2.75, 3.05) is 23.6 Å². The molecule has 1 unspecified atom stereocenters. The van der Waals surface area contributed by atoms with E-state index in [1.54, 1.807) is 0 Å². The highest BCUT2D eigenvalue weighted by Gasteiger charge is 2.36. The van der Waals surface area contributed by atoms with Gasteiger partial charge in [0.2, 0.25) is 10.0 Å². The Kier molecular flexibility index (Phi) is 9.08. The fourth-order valence-corrected chi connectivity index (χ4v) is 6.36. The van der Waals surface area contributed by atoms with Crippen molar-refractivity contribution in [2.24, 2.45) is 5.92 Å². The van der Waals surface area contributed by atoms with Gasteiger partial charge >= 0.3 is 5.97 Å². The average Bonchev–Trinajstić information content (AvgIpc) is 2.83. The van der Waals surface area contributed by atoms with Gasteiger partial charge in [-0.1, -0.05) is 59.1 Å². The van der Waals surface area contributed by atoms with Crippen molar-refractivity contribution in [3.63, 3.8) is 0 Å². The lowest BCUT2D eigenvalue weighted by atomic mass is 9.91. The van der Waals surface area contributed by atoms with Gasteiger partial charge in [0.05, 0.1) is 17.5 Å². The van der Waals surface area contributed by atoms with Crippen molar-refractivity contribution in [1.29, 1.82) is 0 Å². The van der Waals surface area contributed by atoms with E-state index >= 15 is 0 Å². The van der Waals surface area contributed by atoms with Gasteiger partial charge in [0.25, 0.3) is 5.91 Å². The first-order chi connectivity index (χ1) is 18.4. The quantitative estimate of drug-likeness (QED) is 0.287. The fourth-order valence-electron chi connectivity index (χ4n) is 4.48. The minimum absolute atomic E-state index is 0.0388. The molecular weight excluding hydrogens is 585 g/mol. The van der Waals surface area contributed by atoms with Crippen LogP contribution >= 0.6 is 34.8 Å². The summed E-state index contributed by atoms with van der Waals surface area (Å²) in [5.41, 5.74) is 2.22. The molecular formula is C27H26Cl3N3O5S. The van der Waals surface area contributed by atoms with Gasteiger partial charge in [0.1, 0.15) is 6.04 Å². The summed E-state index contributed by atoms with van der Waals surface area (Å²) < 4.78 is 28.4. The zero-order valence-corrected chi connectivity index (χ0v) is 23.9. The third-order valence-electron chi connectivity index (χ3n) is 6.33. The predicted molar refractivity (Wildman–Crippen MR) is 153 cm³/mol. The number of amides is 1. The molecule has 4 rings (SSSR count). The first kappa shape index (κ1) is 29.2. The molecule has 0 spiro atoms. The van der Waals surface area contributed by atoms with Crippen LogP contribution in [0.15, 0.2) is 66.7 Å². The van der Waals surface area contributed by atoms with Crippen LogP contribution in [0.2, 0.25) is 15.1 Å². The van der Waals surface area contributed by atoms with E-state index in [1.807, 2.05) is 48.5 Å². The Morgan fingerprint density at radius 2 is 1.46 bits per heavy atom. The summed E-state index contributed by atoms with van der Waals surface area (Å²) >= 11 is 18.3. The van der Waals surface area contributed by atoms with Crippen LogP contribution in [0.4, 0.5) is 5.69 Å². The molecule has 1 heterocycles. The molecule has 1 amide bonds. The van der Waals surface area contributed by atoms with E-state index < -0.39 is 27.9 Å². The van der Waals surface area contributed by atoms with E-state index in [1.165, 1.54) is 25.1 Å². The molecule has 8 nitrogen and oxygen atoms in total. The molecule has 0 radical (unpaired) electrons. The summed E-state index contributed by atoms with van der Waals surface area (Å²) in [7, 11) is -3.78. The van der Waals surface area contributed by atoms with Crippen molar-refractivity contribution < 1.29 is 23.1 Å². The van der Waals surface area contributed by atoms with Crippen LogP contribution in [-0.4, -0.2) is 55.2 Å². The standard InChI is InChI=1S/C27H26Cl3N3O5S/c1-16(27(35)36)31-26(34)20-10-23(30)12-24(11-20)32-39(37,38)15-17-13-33(14-17)25(18-2-6-21(28)7-3-18)19-4-8-22(29)9-5-19/h2-12,16-17,25,32H,13-15H2,1H3,(H,31,34)(H,35,36). The van der Waals surface area contributed by atoms with Gasteiger partial charge < -0.3 is 10.4 Å². The van der Waals surface area contributed by atoms with E-state index in [0.29, 0.717) is 23.1 Å². The Bertz CT molecular complexity index is 1420. The van der Waals surface area contributed by atoms with E-state index in [0.717, 1.165) is 11.1 Å². The van der Waals surface area contributed by atoms with Crippen molar-refractivity contribution in [1.82, 2.24) is 10.2 Å². The highest BCUT2D eigenvalue weighted by Crippen LogP contribution is 2.36. The molecule has 3 aromatic carbocycles. The molecule has 3 aromatic rings. The number of nitrogens with one attached hydrogen (secondary N) is 2. The summed E-state index contributed by atoms with van der Waals surface area (Å²) in [4.78, 5) is 25.6.